The van der Waals surface area contributed by atoms with E-state index in [0.29, 0.717) is 12.2 Å². The lowest BCUT2D eigenvalue weighted by Crippen LogP contribution is -2.33. The van der Waals surface area contributed by atoms with Gasteiger partial charge in [-0.05, 0) is 13.3 Å². The van der Waals surface area contributed by atoms with Crippen LogP contribution in [0.1, 0.15) is 32.5 Å². The molecule has 102 valence electrons. The largest absolute Gasteiger partial charge is 0.481 e. The number of carbonyl (C=O) groups is 1. The van der Waals surface area contributed by atoms with Crippen LogP contribution in [0.3, 0.4) is 0 Å². The van der Waals surface area contributed by atoms with Crippen LogP contribution in [-0.4, -0.2) is 35.5 Å². The van der Waals surface area contributed by atoms with E-state index in [2.05, 4.69) is 14.7 Å². The minimum atomic E-state index is -3.66. The van der Waals surface area contributed by atoms with Crippen LogP contribution < -0.4 is 4.72 Å². The molecule has 0 aliphatic carbocycles. The van der Waals surface area contributed by atoms with Crippen LogP contribution >= 0.6 is 0 Å². The fourth-order valence-electron chi connectivity index (χ4n) is 1.39. The van der Waals surface area contributed by atoms with Crippen LogP contribution in [0.2, 0.25) is 0 Å². The Labute approximate surface area is 106 Å². The average molecular weight is 275 g/mol. The third-order valence-corrected chi connectivity index (χ3v) is 3.88. The van der Waals surface area contributed by atoms with Crippen molar-refractivity contribution in [3.05, 3.63) is 12.0 Å². The third-order valence-electron chi connectivity index (χ3n) is 2.38. The average Bonchev–Trinajstić information content (AvgIpc) is 2.75. The van der Waals surface area contributed by atoms with Crippen molar-refractivity contribution >= 4 is 16.0 Å². The Morgan fingerprint density at radius 1 is 1.61 bits per heavy atom. The van der Waals surface area contributed by atoms with Crippen molar-refractivity contribution in [2.75, 3.05) is 0 Å². The molecule has 18 heavy (non-hydrogen) atoms. The molecule has 7 nitrogen and oxygen atoms in total. The Bertz CT molecular complexity index is 509. The van der Waals surface area contributed by atoms with Gasteiger partial charge >= 0.3 is 5.97 Å². The van der Waals surface area contributed by atoms with Gasteiger partial charge in [0, 0.05) is 18.9 Å². The minimum absolute atomic E-state index is 0.00141. The van der Waals surface area contributed by atoms with Crippen molar-refractivity contribution in [1.29, 1.82) is 0 Å². The number of nitrogens with zero attached hydrogens (tertiary/aromatic N) is 1. The van der Waals surface area contributed by atoms with Crippen molar-refractivity contribution in [2.45, 2.75) is 44.2 Å². The van der Waals surface area contributed by atoms with E-state index in [-0.39, 0.29) is 17.9 Å². The monoisotopic (exact) mass is 275 g/mol. The first-order chi connectivity index (χ1) is 8.35. The SMILES string of the molecule is CCc1ncc(S(=O)(=O)NC(C)CCC(=O)O)[nH]1. The summed E-state index contributed by atoms with van der Waals surface area (Å²) < 4.78 is 26.2. The molecule has 1 atom stereocenters. The van der Waals surface area contributed by atoms with Gasteiger partial charge in [-0.1, -0.05) is 6.92 Å². The standard InChI is InChI=1S/C10H17N3O4S/c1-3-8-11-6-9(12-8)18(16,17)13-7(2)4-5-10(14)15/h6-7,13H,3-5H2,1-2H3,(H,11,12)(H,14,15). The maximum atomic E-state index is 11.9. The van der Waals surface area contributed by atoms with Gasteiger partial charge in [0.25, 0.3) is 10.0 Å². The Morgan fingerprint density at radius 3 is 2.78 bits per heavy atom. The number of nitrogens with one attached hydrogen (secondary N) is 2. The van der Waals surface area contributed by atoms with E-state index in [0.717, 1.165) is 0 Å². The van der Waals surface area contributed by atoms with Gasteiger partial charge < -0.3 is 10.1 Å². The second-order valence-corrected chi connectivity index (χ2v) is 5.68. The fraction of sp³-hybridized carbons (Fsp3) is 0.600. The number of aliphatic carboxylic acids is 1. The van der Waals surface area contributed by atoms with Crippen LogP contribution in [0.4, 0.5) is 0 Å². The number of imidazole rings is 1. The molecule has 1 aromatic rings. The van der Waals surface area contributed by atoms with Gasteiger partial charge in [0.15, 0.2) is 5.03 Å². The summed E-state index contributed by atoms with van der Waals surface area (Å²) >= 11 is 0. The first-order valence-electron chi connectivity index (χ1n) is 5.63. The van der Waals surface area contributed by atoms with E-state index < -0.39 is 22.0 Å². The zero-order chi connectivity index (χ0) is 13.8. The highest BCUT2D eigenvalue weighted by Gasteiger charge is 2.19. The molecule has 0 bridgehead atoms. The van der Waals surface area contributed by atoms with E-state index >= 15 is 0 Å². The van der Waals surface area contributed by atoms with Gasteiger partial charge in [0.2, 0.25) is 0 Å². The first kappa shape index (κ1) is 14.7. The molecule has 8 heteroatoms. The van der Waals surface area contributed by atoms with Crippen molar-refractivity contribution in [3.8, 4) is 0 Å². The molecule has 0 saturated carbocycles. The van der Waals surface area contributed by atoms with Gasteiger partial charge in [-0.15, -0.1) is 0 Å². The number of aromatic nitrogens is 2. The molecule has 0 aliphatic heterocycles. The molecule has 0 radical (unpaired) electrons. The maximum absolute atomic E-state index is 11.9. The highest BCUT2D eigenvalue weighted by molar-refractivity contribution is 7.89. The van der Waals surface area contributed by atoms with Gasteiger partial charge in [-0.2, -0.15) is 0 Å². The topological polar surface area (TPSA) is 112 Å². The van der Waals surface area contributed by atoms with E-state index in [1.165, 1.54) is 6.20 Å². The Hall–Kier alpha value is -1.41. The summed E-state index contributed by atoms with van der Waals surface area (Å²) in [6.07, 6.45) is 2.03. The van der Waals surface area contributed by atoms with E-state index in [4.69, 9.17) is 5.11 Å². The lowest BCUT2D eigenvalue weighted by atomic mass is 10.2. The molecule has 1 rings (SSSR count). The summed E-state index contributed by atoms with van der Waals surface area (Å²) in [5, 5.41) is 8.52. The van der Waals surface area contributed by atoms with E-state index in [1.54, 1.807) is 6.92 Å². The summed E-state index contributed by atoms with van der Waals surface area (Å²) in [6, 6.07) is -0.445. The minimum Gasteiger partial charge on any atom is -0.481 e. The van der Waals surface area contributed by atoms with Gasteiger partial charge in [0.05, 0.1) is 6.20 Å². The number of sulfonamides is 1. The number of hydrogen-bond acceptors (Lipinski definition) is 4. The molecule has 1 heterocycles. The number of H-pyrrole nitrogens is 1. The van der Waals surface area contributed by atoms with Crippen molar-refractivity contribution in [3.63, 3.8) is 0 Å². The smallest absolute Gasteiger partial charge is 0.303 e. The van der Waals surface area contributed by atoms with Crippen LogP contribution in [0.25, 0.3) is 0 Å². The Kier molecular flexibility index (Phi) is 4.85. The quantitative estimate of drug-likeness (QED) is 0.671. The van der Waals surface area contributed by atoms with Crippen molar-refractivity contribution < 1.29 is 18.3 Å². The lowest BCUT2D eigenvalue weighted by molar-refractivity contribution is -0.137. The molecular formula is C10H17N3O4S. The first-order valence-corrected chi connectivity index (χ1v) is 7.11. The molecule has 0 aliphatic rings. The van der Waals surface area contributed by atoms with E-state index in [1.807, 2.05) is 6.92 Å². The predicted molar refractivity (Wildman–Crippen MR) is 64.6 cm³/mol. The summed E-state index contributed by atoms with van der Waals surface area (Å²) in [7, 11) is -3.66. The molecule has 3 N–H and O–H groups in total. The second kappa shape index (κ2) is 5.96. The van der Waals surface area contributed by atoms with Gasteiger partial charge in [-0.3, -0.25) is 4.79 Å². The highest BCUT2D eigenvalue weighted by Crippen LogP contribution is 2.08. The number of carboxylic acid groups (broad SMARTS) is 1. The molecule has 1 aromatic heterocycles. The summed E-state index contributed by atoms with van der Waals surface area (Å²) in [4.78, 5) is 17.0. The number of carboxylic acids is 1. The highest BCUT2D eigenvalue weighted by atomic mass is 32.2. The molecule has 0 spiro atoms. The predicted octanol–water partition coefficient (Wildman–Crippen LogP) is 0.504. The van der Waals surface area contributed by atoms with Crippen LogP contribution in [-0.2, 0) is 21.2 Å². The second-order valence-electron chi connectivity index (χ2n) is 4.00. The zero-order valence-corrected chi connectivity index (χ0v) is 11.1. The fourth-order valence-corrected chi connectivity index (χ4v) is 2.60. The Balaban J connectivity index is 2.66. The van der Waals surface area contributed by atoms with Crippen LogP contribution in [0.5, 0.6) is 0 Å². The van der Waals surface area contributed by atoms with Crippen LogP contribution in [0.15, 0.2) is 11.2 Å². The number of aromatic amines is 1. The normalized spacial score (nSPS) is 13.4. The summed E-state index contributed by atoms with van der Waals surface area (Å²) in [5.41, 5.74) is 0. The Morgan fingerprint density at radius 2 is 2.28 bits per heavy atom. The van der Waals surface area contributed by atoms with Gasteiger partial charge in [0.1, 0.15) is 5.82 Å². The zero-order valence-electron chi connectivity index (χ0n) is 10.3. The molecule has 0 aromatic carbocycles. The van der Waals surface area contributed by atoms with Gasteiger partial charge in [-0.25, -0.2) is 18.1 Å². The number of aryl methyl sites for hydroxylation is 1. The summed E-state index contributed by atoms with van der Waals surface area (Å²) in [6.45, 7) is 3.48. The summed E-state index contributed by atoms with van der Waals surface area (Å²) in [5.74, 6) is -0.357. The molecule has 1 unspecified atom stereocenters. The van der Waals surface area contributed by atoms with Crippen LogP contribution in [0, 0.1) is 0 Å². The van der Waals surface area contributed by atoms with Crippen molar-refractivity contribution in [2.24, 2.45) is 0 Å². The number of rotatable bonds is 7. The maximum Gasteiger partial charge on any atom is 0.303 e. The lowest BCUT2D eigenvalue weighted by Gasteiger charge is -2.11. The van der Waals surface area contributed by atoms with Crippen molar-refractivity contribution in [1.82, 2.24) is 14.7 Å². The third kappa shape index (κ3) is 4.11. The molecule has 0 saturated heterocycles. The number of hydrogen-bond donors (Lipinski definition) is 3. The van der Waals surface area contributed by atoms with E-state index in [9.17, 15) is 13.2 Å². The molecule has 0 amide bonds. The molecular weight excluding hydrogens is 258 g/mol. The molecule has 0 fully saturated rings.